The van der Waals surface area contributed by atoms with E-state index in [1.165, 1.54) is 0 Å². The third-order valence-electron chi connectivity index (χ3n) is 3.12. The number of likely N-dealkylation sites (N-methyl/N-ethyl adjacent to an activating group) is 2. The van der Waals surface area contributed by atoms with E-state index in [1.54, 1.807) is 16.9 Å². The molecule has 5 heteroatoms. The second kappa shape index (κ2) is 4.35. The minimum Gasteiger partial charge on any atom is -0.303 e. The number of aryl methyl sites for hydroxylation is 1. The summed E-state index contributed by atoms with van der Waals surface area (Å²) in [6.07, 6.45) is 1.81. The molecule has 0 aromatic carbocycles. The number of rotatable bonds is 2. The number of nitrogens with zero attached hydrogens (tertiary/aromatic N) is 4. The van der Waals surface area contributed by atoms with Gasteiger partial charge in [0, 0.05) is 32.9 Å². The van der Waals surface area contributed by atoms with Crippen molar-refractivity contribution in [2.75, 3.05) is 33.7 Å². The van der Waals surface area contributed by atoms with Crippen LogP contribution >= 0.6 is 0 Å². The predicted octanol–water partition coefficient (Wildman–Crippen LogP) is -0.151. The summed E-state index contributed by atoms with van der Waals surface area (Å²) >= 11 is 0. The number of carbonyl (C=O) groups is 1. The van der Waals surface area contributed by atoms with Crippen LogP contribution in [0.4, 0.5) is 0 Å². The number of hydrogen-bond donors (Lipinski definition) is 0. The summed E-state index contributed by atoms with van der Waals surface area (Å²) in [5.74, 6) is 0.120. The standard InChI is InChI=1S/C11H18N4O/c1-13-6-7-14(2)10(8-13)11(16)9-4-5-15(3)12-9/h4-5,10H,6-8H2,1-3H3. The van der Waals surface area contributed by atoms with E-state index in [4.69, 9.17) is 0 Å². The van der Waals surface area contributed by atoms with Crippen LogP contribution in [0.5, 0.6) is 0 Å². The van der Waals surface area contributed by atoms with Crippen molar-refractivity contribution in [1.29, 1.82) is 0 Å². The van der Waals surface area contributed by atoms with Gasteiger partial charge in [0.2, 0.25) is 5.78 Å². The van der Waals surface area contributed by atoms with Crippen molar-refractivity contribution >= 4 is 5.78 Å². The molecule has 0 aliphatic carbocycles. The second-order valence-corrected chi connectivity index (χ2v) is 4.50. The van der Waals surface area contributed by atoms with Gasteiger partial charge in [0.05, 0.1) is 6.04 Å². The Morgan fingerprint density at radius 3 is 2.75 bits per heavy atom. The SMILES string of the molecule is CN1CCN(C)C(C(=O)c2ccn(C)n2)C1. The van der Waals surface area contributed by atoms with E-state index in [2.05, 4.69) is 14.9 Å². The molecular weight excluding hydrogens is 204 g/mol. The first-order chi connectivity index (χ1) is 7.58. The molecule has 88 valence electrons. The van der Waals surface area contributed by atoms with Gasteiger partial charge in [-0.1, -0.05) is 0 Å². The average Bonchev–Trinajstić information content (AvgIpc) is 2.67. The van der Waals surface area contributed by atoms with E-state index < -0.39 is 0 Å². The van der Waals surface area contributed by atoms with Crippen molar-refractivity contribution in [3.8, 4) is 0 Å². The van der Waals surface area contributed by atoms with Crippen LogP contribution in [-0.2, 0) is 7.05 Å². The van der Waals surface area contributed by atoms with E-state index in [0.29, 0.717) is 5.69 Å². The van der Waals surface area contributed by atoms with Crippen LogP contribution in [-0.4, -0.2) is 65.1 Å². The van der Waals surface area contributed by atoms with E-state index >= 15 is 0 Å². The molecule has 1 fully saturated rings. The zero-order valence-corrected chi connectivity index (χ0v) is 10.1. The molecule has 1 unspecified atom stereocenters. The van der Waals surface area contributed by atoms with Crippen LogP contribution in [0.1, 0.15) is 10.5 Å². The summed E-state index contributed by atoms with van der Waals surface area (Å²) in [6, 6.07) is 1.72. The fourth-order valence-corrected chi connectivity index (χ4v) is 2.01. The molecule has 5 nitrogen and oxygen atoms in total. The second-order valence-electron chi connectivity index (χ2n) is 4.50. The van der Waals surface area contributed by atoms with Crippen LogP contribution in [0, 0.1) is 0 Å². The van der Waals surface area contributed by atoms with Gasteiger partial charge in [-0.15, -0.1) is 0 Å². The molecule has 1 aromatic heterocycles. The number of aromatic nitrogens is 2. The Bertz CT molecular complexity index is 387. The van der Waals surface area contributed by atoms with Gasteiger partial charge in [-0.2, -0.15) is 5.10 Å². The van der Waals surface area contributed by atoms with Gasteiger partial charge in [-0.25, -0.2) is 0 Å². The normalized spacial score (nSPS) is 23.6. The maximum absolute atomic E-state index is 12.2. The molecular formula is C11H18N4O. The van der Waals surface area contributed by atoms with E-state index in [9.17, 15) is 4.79 Å². The monoisotopic (exact) mass is 222 g/mol. The zero-order chi connectivity index (χ0) is 11.7. The fourth-order valence-electron chi connectivity index (χ4n) is 2.01. The van der Waals surface area contributed by atoms with Crippen LogP contribution in [0.25, 0.3) is 0 Å². The highest BCUT2D eigenvalue weighted by Crippen LogP contribution is 2.11. The highest BCUT2D eigenvalue weighted by atomic mass is 16.1. The molecule has 0 bridgehead atoms. The molecule has 0 radical (unpaired) electrons. The largest absolute Gasteiger partial charge is 0.303 e. The quantitative estimate of drug-likeness (QED) is 0.653. The summed E-state index contributed by atoms with van der Waals surface area (Å²) in [5, 5.41) is 4.17. The van der Waals surface area contributed by atoms with Gasteiger partial charge in [-0.05, 0) is 20.2 Å². The molecule has 0 saturated carbocycles. The highest BCUT2D eigenvalue weighted by molar-refractivity contribution is 5.98. The summed E-state index contributed by atoms with van der Waals surface area (Å²) in [7, 11) is 5.87. The third-order valence-corrected chi connectivity index (χ3v) is 3.12. The van der Waals surface area contributed by atoms with Crippen LogP contribution in [0.15, 0.2) is 12.3 Å². The molecule has 0 amide bonds. The Morgan fingerprint density at radius 1 is 1.38 bits per heavy atom. The molecule has 2 heterocycles. The van der Waals surface area contributed by atoms with Crippen molar-refractivity contribution in [3.05, 3.63) is 18.0 Å². The number of ketones is 1. The first-order valence-corrected chi connectivity index (χ1v) is 5.50. The molecule has 0 N–H and O–H groups in total. The highest BCUT2D eigenvalue weighted by Gasteiger charge is 2.30. The smallest absolute Gasteiger partial charge is 0.201 e. The van der Waals surface area contributed by atoms with Gasteiger partial charge < -0.3 is 4.90 Å². The lowest BCUT2D eigenvalue weighted by Gasteiger charge is -2.36. The van der Waals surface area contributed by atoms with Crippen molar-refractivity contribution < 1.29 is 4.79 Å². The van der Waals surface area contributed by atoms with Gasteiger partial charge in [0.15, 0.2) is 0 Å². The summed E-state index contributed by atoms with van der Waals surface area (Å²) < 4.78 is 1.67. The Kier molecular flexibility index (Phi) is 3.07. The topological polar surface area (TPSA) is 41.4 Å². The summed E-state index contributed by atoms with van der Waals surface area (Å²) in [4.78, 5) is 16.5. The van der Waals surface area contributed by atoms with Gasteiger partial charge in [-0.3, -0.25) is 14.4 Å². The average molecular weight is 222 g/mol. The molecule has 2 rings (SSSR count). The number of piperazine rings is 1. The Labute approximate surface area is 95.6 Å². The molecule has 1 aromatic rings. The minimum atomic E-state index is -0.0614. The first kappa shape index (κ1) is 11.3. The lowest BCUT2D eigenvalue weighted by atomic mass is 10.1. The van der Waals surface area contributed by atoms with Crippen molar-refractivity contribution in [2.24, 2.45) is 7.05 Å². The summed E-state index contributed by atoms with van der Waals surface area (Å²) in [5.41, 5.74) is 0.564. The summed E-state index contributed by atoms with van der Waals surface area (Å²) in [6.45, 7) is 2.73. The molecule has 16 heavy (non-hydrogen) atoms. The predicted molar refractivity (Wildman–Crippen MR) is 61.5 cm³/mol. The van der Waals surface area contributed by atoms with E-state index in [1.807, 2.05) is 21.1 Å². The first-order valence-electron chi connectivity index (χ1n) is 5.50. The Hall–Kier alpha value is -1.20. The van der Waals surface area contributed by atoms with Crippen LogP contribution < -0.4 is 0 Å². The molecule has 0 spiro atoms. The van der Waals surface area contributed by atoms with Crippen molar-refractivity contribution in [1.82, 2.24) is 19.6 Å². The Balaban J connectivity index is 2.14. The number of hydrogen-bond acceptors (Lipinski definition) is 4. The maximum Gasteiger partial charge on any atom is 0.201 e. The van der Waals surface area contributed by atoms with E-state index in [0.717, 1.165) is 19.6 Å². The van der Waals surface area contributed by atoms with Gasteiger partial charge in [0.1, 0.15) is 5.69 Å². The maximum atomic E-state index is 12.2. The minimum absolute atomic E-state index is 0.0614. The molecule has 1 atom stereocenters. The fraction of sp³-hybridized carbons (Fsp3) is 0.636. The Morgan fingerprint density at radius 2 is 2.12 bits per heavy atom. The number of Topliss-reactive ketones (excluding diaryl/α,β-unsaturated/α-hetero) is 1. The molecule has 1 aliphatic heterocycles. The van der Waals surface area contributed by atoms with Gasteiger partial charge >= 0.3 is 0 Å². The van der Waals surface area contributed by atoms with Crippen molar-refractivity contribution in [2.45, 2.75) is 6.04 Å². The molecule has 1 aliphatic rings. The van der Waals surface area contributed by atoms with Crippen LogP contribution in [0.2, 0.25) is 0 Å². The lowest BCUT2D eigenvalue weighted by Crippen LogP contribution is -2.53. The zero-order valence-electron chi connectivity index (χ0n) is 10.1. The third kappa shape index (κ3) is 2.15. The van der Waals surface area contributed by atoms with E-state index in [-0.39, 0.29) is 11.8 Å². The van der Waals surface area contributed by atoms with Gasteiger partial charge in [0.25, 0.3) is 0 Å². The molecule has 1 saturated heterocycles. The van der Waals surface area contributed by atoms with Crippen molar-refractivity contribution in [3.63, 3.8) is 0 Å². The lowest BCUT2D eigenvalue weighted by molar-refractivity contribution is 0.0680. The number of carbonyl (C=O) groups excluding carboxylic acids is 1. The van der Waals surface area contributed by atoms with Crippen LogP contribution in [0.3, 0.4) is 0 Å².